The lowest BCUT2D eigenvalue weighted by Gasteiger charge is -2.09. The van der Waals surface area contributed by atoms with Crippen LogP contribution in [0.3, 0.4) is 0 Å². The highest BCUT2D eigenvalue weighted by Gasteiger charge is 2.17. The molecule has 0 saturated carbocycles. The van der Waals surface area contributed by atoms with Crippen molar-refractivity contribution >= 4 is 34.5 Å². The van der Waals surface area contributed by atoms with Crippen molar-refractivity contribution < 1.29 is 9.18 Å². The number of H-pyrrole nitrogens is 1. The van der Waals surface area contributed by atoms with Gasteiger partial charge < -0.3 is 10.3 Å². The zero-order chi connectivity index (χ0) is 20.4. The minimum Gasteiger partial charge on any atom is -0.325 e. The summed E-state index contributed by atoms with van der Waals surface area (Å²) >= 11 is 1.16. The first-order valence-corrected chi connectivity index (χ1v) is 9.72. The smallest absolute Gasteiger partial charge is 0.278 e. The minimum atomic E-state index is -0.383. The number of aromatic amines is 1. The Balaban J connectivity index is 1.60. The molecule has 0 spiro atoms. The lowest BCUT2D eigenvalue weighted by molar-refractivity contribution is -0.113. The van der Waals surface area contributed by atoms with Crippen LogP contribution in [0.2, 0.25) is 0 Å². The Morgan fingerprint density at radius 3 is 2.79 bits per heavy atom. The third-order valence-electron chi connectivity index (χ3n) is 4.22. The summed E-state index contributed by atoms with van der Waals surface area (Å²) in [6.07, 6.45) is 1.32. The molecule has 0 aliphatic rings. The molecule has 2 aromatic heterocycles. The summed E-state index contributed by atoms with van der Waals surface area (Å²) in [5, 5.41) is 3.12. The van der Waals surface area contributed by atoms with E-state index in [9.17, 15) is 14.0 Å². The first kappa shape index (κ1) is 18.9. The van der Waals surface area contributed by atoms with Crippen LogP contribution in [0.1, 0.15) is 5.56 Å². The fraction of sp³-hybridized carbons (Fsp3) is 0.100. The van der Waals surface area contributed by atoms with Crippen molar-refractivity contribution in [2.75, 3.05) is 11.1 Å². The summed E-state index contributed by atoms with van der Waals surface area (Å²) in [5.41, 5.74) is 1.91. The quantitative estimate of drug-likeness (QED) is 0.494. The second-order valence-corrected chi connectivity index (χ2v) is 7.21. The Morgan fingerprint density at radius 1 is 1.24 bits per heavy atom. The molecular formula is C20H16FN5O2S. The van der Waals surface area contributed by atoms with E-state index in [1.807, 2.05) is 30.3 Å². The summed E-state index contributed by atoms with van der Waals surface area (Å²) < 4.78 is 15.4. The molecule has 0 aliphatic carbocycles. The molecule has 4 rings (SSSR count). The number of thioether (sulfide) groups is 1. The van der Waals surface area contributed by atoms with Crippen molar-refractivity contribution in [3.8, 4) is 5.69 Å². The van der Waals surface area contributed by atoms with Crippen molar-refractivity contribution in [1.82, 2.24) is 19.5 Å². The van der Waals surface area contributed by atoms with Crippen molar-refractivity contribution in [3.63, 3.8) is 0 Å². The van der Waals surface area contributed by atoms with E-state index in [1.165, 1.54) is 12.4 Å². The van der Waals surface area contributed by atoms with Crippen LogP contribution in [-0.2, 0) is 4.79 Å². The molecule has 0 bridgehead atoms. The number of hydrogen-bond acceptors (Lipinski definition) is 5. The Labute approximate surface area is 169 Å². The van der Waals surface area contributed by atoms with Crippen LogP contribution >= 0.6 is 11.8 Å². The minimum absolute atomic E-state index is 0.0313. The van der Waals surface area contributed by atoms with Gasteiger partial charge in [0.15, 0.2) is 16.3 Å². The number of aromatic nitrogens is 4. The molecule has 0 atom stereocenters. The molecule has 2 N–H and O–H groups in total. The zero-order valence-corrected chi connectivity index (χ0v) is 16.2. The molecule has 2 heterocycles. The molecule has 9 heteroatoms. The summed E-state index contributed by atoms with van der Waals surface area (Å²) in [5.74, 6) is -0.665. The van der Waals surface area contributed by atoms with E-state index < -0.39 is 0 Å². The van der Waals surface area contributed by atoms with E-state index in [4.69, 9.17) is 0 Å². The van der Waals surface area contributed by atoms with E-state index in [2.05, 4.69) is 20.3 Å². The largest absolute Gasteiger partial charge is 0.325 e. The highest BCUT2D eigenvalue weighted by molar-refractivity contribution is 7.99. The number of fused-ring (bicyclic) bond motifs is 1. The number of nitrogens with one attached hydrogen (secondary N) is 2. The third kappa shape index (κ3) is 3.90. The van der Waals surface area contributed by atoms with E-state index in [0.717, 1.165) is 17.4 Å². The Bertz CT molecular complexity index is 1250. The molecule has 146 valence electrons. The van der Waals surface area contributed by atoms with Gasteiger partial charge in [-0.1, -0.05) is 36.0 Å². The average Bonchev–Trinajstić information content (AvgIpc) is 3.10. The number of para-hydroxylation sites is 1. The Hall–Kier alpha value is -3.46. The topological polar surface area (TPSA) is 92.7 Å². The predicted octanol–water partition coefficient (Wildman–Crippen LogP) is 3.29. The van der Waals surface area contributed by atoms with Crippen LogP contribution in [0.4, 0.5) is 10.1 Å². The molecule has 7 nitrogen and oxygen atoms in total. The number of amides is 1. The molecule has 0 aliphatic heterocycles. The molecule has 2 aromatic carbocycles. The highest BCUT2D eigenvalue weighted by Crippen LogP contribution is 2.25. The van der Waals surface area contributed by atoms with E-state index in [0.29, 0.717) is 22.1 Å². The summed E-state index contributed by atoms with van der Waals surface area (Å²) in [6.45, 7) is 1.65. The fourth-order valence-electron chi connectivity index (χ4n) is 2.79. The normalized spacial score (nSPS) is 11.0. The maximum Gasteiger partial charge on any atom is 0.278 e. The maximum absolute atomic E-state index is 13.7. The summed E-state index contributed by atoms with van der Waals surface area (Å²) in [4.78, 5) is 35.6. The standard InChI is InChI=1S/C20H16FN5O2S/c1-12-7-8-13(9-15(12)21)24-16(27)10-29-20-25-17-18(22-11-23-19(17)28)26(20)14-5-3-2-4-6-14/h2-9,11H,10H2,1H3,(H,24,27)(H,22,23,28). The third-order valence-corrected chi connectivity index (χ3v) is 5.16. The van der Waals surface area contributed by atoms with E-state index in [-0.39, 0.29) is 28.6 Å². The number of halogens is 1. The fourth-order valence-corrected chi connectivity index (χ4v) is 3.60. The van der Waals surface area contributed by atoms with Crippen molar-refractivity contribution in [2.45, 2.75) is 12.1 Å². The van der Waals surface area contributed by atoms with Gasteiger partial charge in [0.1, 0.15) is 5.82 Å². The second kappa shape index (κ2) is 7.88. The van der Waals surface area contributed by atoms with Gasteiger partial charge in [-0.2, -0.15) is 0 Å². The predicted molar refractivity (Wildman–Crippen MR) is 110 cm³/mol. The molecule has 4 aromatic rings. The number of carbonyl (C=O) groups is 1. The number of aryl methyl sites for hydroxylation is 1. The molecule has 0 fully saturated rings. The van der Waals surface area contributed by atoms with Crippen molar-refractivity contribution in [1.29, 1.82) is 0 Å². The van der Waals surface area contributed by atoms with Gasteiger partial charge in [0.2, 0.25) is 5.91 Å². The molecule has 1 amide bonds. The SMILES string of the molecule is Cc1ccc(NC(=O)CSc2nc3c(=O)[nH]cnc3n2-c2ccccc2)cc1F. The number of carbonyl (C=O) groups excluding carboxylic acids is 1. The van der Waals surface area contributed by atoms with Crippen LogP contribution < -0.4 is 10.9 Å². The number of benzene rings is 2. The zero-order valence-electron chi connectivity index (χ0n) is 15.3. The van der Waals surface area contributed by atoms with Gasteiger partial charge in [0.25, 0.3) is 5.56 Å². The van der Waals surface area contributed by atoms with Gasteiger partial charge >= 0.3 is 0 Å². The second-order valence-electron chi connectivity index (χ2n) is 6.27. The molecule has 0 radical (unpaired) electrons. The van der Waals surface area contributed by atoms with Crippen LogP contribution in [0.5, 0.6) is 0 Å². The van der Waals surface area contributed by atoms with Crippen molar-refractivity contribution in [3.05, 3.63) is 76.6 Å². The molecule has 0 unspecified atom stereocenters. The number of rotatable bonds is 5. The number of nitrogens with zero attached hydrogens (tertiary/aromatic N) is 3. The lowest BCUT2D eigenvalue weighted by Crippen LogP contribution is -2.14. The maximum atomic E-state index is 13.7. The van der Waals surface area contributed by atoms with Crippen LogP contribution in [0.25, 0.3) is 16.9 Å². The first-order chi connectivity index (χ1) is 14.0. The van der Waals surface area contributed by atoms with Crippen LogP contribution in [0, 0.1) is 12.7 Å². The first-order valence-electron chi connectivity index (χ1n) is 8.73. The van der Waals surface area contributed by atoms with Gasteiger partial charge in [-0.05, 0) is 36.8 Å². The van der Waals surface area contributed by atoms with Gasteiger partial charge in [-0.3, -0.25) is 14.2 Å². The van der Waals surface area contributed by atoms with Gasteiger partial charge in [0.05, 0.1) is 12.1 Å². The summed E-state index contributed by atoms with van der Waals surface area (Å²) in [7, 11) is 0. The number of hydrogen-bond donors (Lipinski definition) is 2. The Kier molecular flexibility index (Phi) is 5.13. The van der Waals surface area contributed by atoms with E-state index >= 15 is 0 Å². The molecular weight excluding hydrogens is 393 g/mol. The van der Waals surface area contributed by atoms with Gasteiger partial charge in [-0.25, -0.2) is 14.4 Å². The van der Waals surface area contributed by atoms with Crippen molar-refractivity contribution in [2.24, 2.45) is 0 Å². The summed E-state index contributed by atoms with van der Waals surface area (Å²) in [6, 6.07) is 13.9. The monoisotopic (exact) mass is 409 g/mol. The lowest BCUT2D eigenvalue weighted by atomic mass is 10.2. The molecule has 0 saturated heterocycles. The van der Waals surface area contributed by atoms with E-state index in [1.54, 1.807) is 23.6 Å². The average molecular weight is 409 g/mol. The molecule has 29 heavy (non-hydrogen) atoms. The van der Waals surface area contributed by atoms with Crippen LogP contribution in [-0.4, -0.2) is 31.2 Å². The van der Waals surface area contributed by atoms with Crippen LogP contribution in [0.15, 0.2) is 64.8 Å². The highest BCUT2D eigenvalue weighted by atomic mass is 32.2. The van der Waals surface area contributed by atoms with Gasteiger partial charge in [0, 0.05) is 11.4 Å². The number of imidazole rings is 1. The van der Waals surface area contributed by atoms with Gasteiger partial charge in [-0.15, -0.1) is 0 Å². The Morgan fingerprint density at radius 2 is 2.03 bits per heavy atom. The number of anilines is 1.